The van der Waals surface area contributed by atoms with Gasteiger partial charge in [-0.3, -0.25) is 4.79 Å². The summed E-state index contributed by atoms with van der Waals surface area (Å²) in [5.74, 6) is 0.474. The van der Waals surface area contributed by atoms with Crippen LogP contribution in [-0.4, -0.2) is 62.0 Å². The van der Waals surface area contributed by atoms with Crippen molar-refractivity contribution in [1.29, 1.82) is 0 Å². The molecule has 0 unspecified atom stereocenters. The van der Waals surface area contributed by atoms with Crippen LogP contribution in [-0.2, 0) is 11.0 Å². The van der Waals surface area contributed by atoms with Gasteiger partial charge >= 0.3 is 6.18 Å². The van der Waals surface area contributed by atoms with E-state index in [9.17, 15) is 18.0 Å². The lowest BCUT2D eigenvalue weighted by molar-refractivity contribution is -0.137. The van der Waals surface area contributed by atoms with Crippen molar-refractivity contribution in [3.8, 4) is 11.1 Å². The molecule has 2 aliphatic rings. The lowest BCUT2D eigenvalue weighted by Gasteiger charge is -2.36. The largest absolute Gasteiger partial charge is 0.416 e. The molecule has 1 saturated heterocycles. The number of amides is 1. The average Bonchev–Trinajstić information content (AvgIpc) is 3.24. The van der Waals surface area contributed by atoms with Crippen LogP contribution < -0.4 is 4.90 Å². The van der Waals surface area contributed by atoms with Gasteiger partial charge in [0.15, 0.2) is 0 Å². The molecule has 8 heteroatoms. The van der Waals surface area contributed by atoms with Gasteiger partial charge in [-0.15, -0.1) is 12.4 Å². The van der Waals surface area contributed by atoms with Gasteiger partial charge in [-0.1, -0.05) is 54.6 Å². The lowest BCUT2D eigenvalue weighted by Crippen LogP contribution is -2.49. The normalized spacial score (nSPS) is 15.3. The molecule has 1 amide bonds. The number of anilines is 1. The first kappa shape index (κ1) is 28.0. The standard InChI is InChI=1S/C30H32F3N3O.ClH/c1-34(15-13-28-26-11-4-2-9-24(26)25-10-3-5-12-27(25)28)16-14-29(37)36-19-17-35(18-20-36)23-8-6-7-22(21-23)30(31,32)33;/h2-12,21,28H,13-20H2,1H3;1H. The Hall–Kier alpha value is -3.03. The first-order chi connectivity index (χ1) is 17.8. The zero-order valence-electron chi connectivity index (χ0n) is 21.5. The third-order valence-corrected chi connectivity index (χ3v) is 7.64. The number of halogens is 4. The van der Waals surface area contributed by atoms with Crippen molar-refractivity contribution in [2.75, 3.05) is 51.2 Å². The predicted molar refractivity (Wildman–Crippen MR) is 148 cm³/mol. The molecule has 1 fully saturated rings. The smallest absolute Gasteiger partial charge is 0.368 e. The summed E-state index contributed by atoms with van der Waals surface area (Å²) in [6.07, 6.45) is -2.92. The first-order valence-corrected chi connectivity index (χ1v) is 12.9. The maximum absolute atomic E-state index is 13.1. The highest BCUT2D eigenvalue weighted by atomic mass is 35.5. The van der Waals surface area contributed by atoms with E-state index in [-0.39, 0.29) is 18.3 Å². The third-order valence-electron chi connectivity index (χ3n) is 7.64. The number of carbonyl (C=O) groups excluding carboxylic acids is 1. The van der Waals surface area contributed by atoms with Crippen LogP contribution in [0.4, 0.5) is 18.9 Å². The minimum absolute atomic E-state index is 0. The van der Waals surface area contributed by atoms with E-state index < -0.39 is 11.7 Å². The number of alkyl halides is 3. The van der Waals surface area contributed by atoms with Crippen LogP contribution in [0.1, 0.15) is 35.4 Å². The zero-order chi connectivity index (χ0) is 26.0. The van der Waals surface area contributed by atoms with Crippen molar-refractivity contribution in [2.45, 2.75) is 24.9 Å². The van der Waals surface area contributed by atoms with E-state index in [1.54, 1.807) is 6.07 Å². The van der Waals surface area contributed by atoms with Crippen LogP contribution in [0.25, 0.3) is 11.1 Å². The van der Waals surface area contributed by atoms with Gasteiger partial charge in [0.2, 0.25) is 5.91 Å². The monoisotopic (exact) mass is 543 g/mol. The summed E-state index contributed by atoms with van der Waals surface area (Å²) in [4.78, 5) is 18.8. The fourth-order valence-corrected chi connectivity index (χ4v) is 5.57. The topological polar surface area (TPSA) is 26.8 Å². The van der Waals surface area contributed by atoms with Gasteiger partial charge in [0.05, 0.1) is 5.56 Å². The molecule has 4 nitrogen and oxygen atoms in total. The van der Waals surface area contributed by atoms with Crippen molar-refractivity contribution in [1.82, 2.24) is 9.80 Å². The van der Waals surface area contributed by atoms with Crippen LogP contribution in [0.15, 0.2) is 72.8 Å². The second-order valence-electron chi connectivity index (χ2n) is 9.98. The summed E-state index contributed by atoms with van der Waals surface area (Å²) < 4.78 is 39.2. The molecule has 0 spiro atoms. The first-order valence-electron chi connectivity index (χ1n) is 12.9. The number of fused-ring (bicyclic) bond motifs is 3. The van der Waals surface area contributed by atoms with E-state index in [0.29, 0.717) is 50.7 Å². The highest BCUT2D eigenvalue weighted by Crippen LogP contribution is 2.46. The maximum atomic E-state index is 13.1. The van der Waals surface area contributed by atoms with Gasteiger partial charge in [0.25, 0.3) is 0 Å². The molecule has 0 bridgehead atoms. The van der Waals surface area contributed by atoms with Gasteiger partial charge < -0.3 is 14.7 Å². The summed E-state index contributed by atoms with van der Waals surface area (Å²) in [5, 5.41) is 0. The molecule has 0 saturated carbocycles. The highest BCUT2D eigenvalue weighted by Gasteiger charge is 2.31. The minimum atomic E-state index is -4.36. The lowest BCUT2D eigenvalue weighted by atomic mass is 9.93. The van der Waals surface area contributed by atoms with Gasteiger partial charge in [-0.2, -0.15) is 13.2 Å². The minimum Gasteiger partial charge on any atom is -0.368 e. The maximum Gasteiger partial charge on any atom is 0.416 e. The number of carbonyl (C=O) groups is 1. The molecule has 1 aliphatic carbocycles. The Bertz CT molecular complexity index is 1210. The Morgan fingerprint density at radius 2 is 1.47 bits per heavy atom. The molecule has 38 heavy (non-hydrogen) atoms. The molecular formula is C30H33ClF3N3O. The third kappa shape index (κ3) is 6.00. The molecule has 5 rings (SSSR count). The molecule has 0 atom stereocenters. The summed E-state index contributed by atoms with van der Waals surface area (Å²) in [5.41, 5.74) is 5.32. The average molecular weight is 544 g/mol. The number of piperazine rings is 1. The van der Waals surface area contributed by atoms with E-state index in [0.717, 1.165) is 19.0 Å². The van der Waals surface area contributed by atoms with Gasteiger partial charge in [0, 0.05) is 50.7 Å². The number of hydrogen-bond acceptors (Lipinski definition) is 3. The van der Waals surface area contributed by atoms with Crippen LogP contribution in [0.5, 0.6) is 0 Å². The molecule has 3 aromatic carbocycles. The SMILES string of the molecule is CN(CCC(=O)N1CCN(c2cccc(C(F)(F)F)c2)CC1)CCC1c2ccccc2-c2ccccc21.Cl. The second kappa shape index (κ2) is 11.8. The van der Waals surface area contributed by atoms with Crippen LogP contribution >= 0.6 is 12.4 Å². The summed E-state index contributed by atoms with van der Waals surface area (Å²) in [7, 11) is 2.06. The Labute approximate surface area is 228 Å². The van der Waals surface area contributed by atoms with Crippen molar-refractivity contribution in [3.05, 3.63) is 89.5 Å². The number of rotatable bonds is 7. The summed E-state index contributed by atoms with van der Waals surface area (Å²) in [6.45, 7) is 3.68. The molecular weight excluding hydrogens is 511 g/mol. The molecule has 1 aliphatic heterocycles. The van der Waals surface area contributed by atoms with Gasteiger partial charge in [-0.05, 0) is 60.5 Å². The fourth-order valence-electron chi connectivity index (χ4n) is 5.57. The van der Waals surface area contributed by atoms with E-state index >= 15 is 0 Å². The molecule has 1 heterocycles. The predicted octanol–water partition coefficient (Wildman–Crippen LogP) is 6.30. The number of hydrogen-bond donors (Lipinski definition) is 0. The Morgan fingerprint density at radius 1 is 0.868 bits per heavy atom. The molecule has 0 N–H and O–H groups in total. The van der Waals surface area contributed by atoms with E-state index in [1.165, 1.54) is 34.4 Å². The summed E-state index contributed by atoms with van der Waals surface area (Å²) >= 11 is 0. The molecule has 0 radical (unpaired) electrons. The summed E-state index contributed by atoms with van der Waals surface area (Å²) in [6, 6.07) is 22.6. The van der Waals surface area contributed by atoms with Gasteiger partial charge in [0.1, 0.15) is 0 Å². The number of benzene rings is 3. The van der Waals surface area contributed by atoms with Gasteiger partial charge in [-0.25, -0.2) is 0 Å². The van der Waals surface area contributed by atoms with E-state index in [1.807, 2.05) is 9.80 Å². The van der Waals surface area contributed by atoms with Crippen molar-refractivity contribution >= 4 is 24.0 Å². The Balaban J connectivity index is 0.00000336. The molecule has 3 aromatic rings. The fraction of sp³-hybridized carbons (Fsp3) is 0.367. The quantitative estimate of drug-likeness (QED) is 0.350. The number of nitrogens with zero attached hydrogens (tertiary/aromatic N) is 3. The van der Waals surface area contributed by atoms with E-state index in [4.69, 9.17) is 0 Å². The Morgan fingerprint density at radius 3 is 2.08 bits per heavy atom. The zero-order valence-corrected chi connectivity index (χ0v) is 22.3. The Kier molecular flexibility index (Phi) is 8.68. The second-order valence-corrected chi connectivity index (χ2v) is 9.98. The molecule has 0 aromatic heterocycles. The van der Waals surface area contributed by atoms with E-state index in [2.05, 4.69) is 60.5 Å². The van der Waals surface area contributed by atoms with Crippen LogP contribution in [0.2, 0.25) is 0 Å². The molecule has 202 valence electrons. The van der Waals surface area contributed by atoms with Crippen LogP contribution in [0.3, 0.4) is 0 Å². The van der Waals surface area contributed by atoms with Crippen molar-refractivity contribution in [2.24, 2.45) is 0 Å². The van der Waals surface area contributed by atoms with Crippen molar-refractivity contribution < 1.29 is 18.0 Å². The van der Waals surface area contributed by atoms with Crippen molar-refractivity contribution in [3.63, 3.8) is 0 Å². The van der Waals surface area contributed by atoms with Crippen LogP contribution in [0, 0.1) is 0 Å². The highest BCUT2D eigenvalue weighted by molar-refractivity contribution is 5.85.